The first-order valence-corrected chi connectivity index (χ1v) is 7.98. The van der Waals surface area contributed by atoms with Gasteiger partial charge in [-0.25, -0.2) is 4.98 Å². The Morgan fingerprint density at radius 3 is 2.96 bits per heavy atom. The Morgan fingerprint density at radius 1 is 1.35 bits per heavy atom. The predicted octanol–water partition coefficient (Wildman–Crippen LogP) is 4.23. The summed E-state index contributed by atoms with van der Waals surface area (Å²) in [4.78, 5) is 19.5. The largest absolute Gasteiger partial charge is 0.375 e. The van der Waals surface area contributed by atoms with E-state index in [4.69, 9.17) is 16.3 Å². The lowest BCUT2D eigenvalue weighted by Crippen LogP contribution is -2.17. The van der Waals surface area contributed by atoms with Gasteiger partial charge in [0.05, 0.1) is 21.7 Å². The van der Waals surface area contributed by atoms with Crippen molar-refractivity contribution in [1.29, 1.82) is 0 Å². The van der Waals surface area contributed by atoms with Gasteiger partial charge in [0.2, 0.25) is 5.91 Å². The van der Waals surface area contributed by atoms with Crippen molar-refractivity contribution in [2.45, 2.75) is 0 Å². The highest BCUT2D eigenvalue weighted by Crippen LogP contribution is 2.29. The van der Waals surface area contributed by atoms with Gasteiger partial charge in [-0.2, -0.15) is 0 Å². The molecule has 0 spiro atoms. The minimum Gasteiger partial charge on any atom is -0.375 e. The molecule has 1 heterocycles. The predicted molar refractivity (Wildman–Crippen MR) is 94.7 cm³/mol. The summed E-state index contributed by atoms with van der Waals surface area (Å²) in [7, 11) is 1.46. The maximum atomic E-state index is 11.7. The Labute approximate surface area is 146 Å². The smallest absolute Gasteiger partial charge is 0.250 e. The number of hydrogen-bond acceptors (Lipinski definition) is 3. The van der Waals surface area contributed by atoms with Crippen LogP contribution in [0.5, 0.6) is 0 Å². The molecule has 1 aromatic heterocycles. The molecule has 118 valence electrons. The number of carbonyl (C=O) groups is 1. The van der Waals surface area contributed by atoms with Crippen molar-refractivity contribution in [3.05, 3.63) is 45.9 Å². The van der Waals surface area contributed by atoms with Crippen LogP contribution in [0.2, 0.25) is 5.02 Å². The zero-order valence-corrected chi connectivity index (χ0v) is 14.5. The Balaban J connectivity index is 1.96. The molecule has 0 atom stereocenters. The highest BCUT2D eigenvalue weighted by atomic mass is 79.9. The summed E-state index contributed by atoms with van der Waals surface area (Å²) in [5, 5.41) is 3.17. The molecule has 0 fully saturated rings. The number of fused-ring (bicyclic) bond motifs is 1. The Bertz CT molecular complexity index is 879. The number of hydrogen-bond donors (Lipinski definition) is 2. The summed E-state index contributed by atoms with van der Waals surface area (Å²) in [5.41, 5.74) is 3.14. The average Bonchev–Trinajstić information content (AvgIpc) is 2.92. The molecule has 3 rings (SSSR count). The van der Waals surface area contributed by atoms with Gasteiger partial charge in [0.15, 0.2) is 0 Å². The van der Waals surface area contributed by atoms with Crippen LogP contribution in [0.1, 0.15) is 0 Å². The summed E-state index contributed by atoms with van der Waals surface area (Å²) in [5.74, 6) is 0.442. The van der Waals surface area contributed by atoms with Crippen molar-refractivity contribution in [1.82, 2.24) is 9.97 Å². The number of carbonyl (C=O) groups excluding carboxylic acids is 1. The fraction of sp³-hybridized carbons (Fsp3) is 0.125. The van der Waals surface area contributed by atoms with E-state index in [0.29, 0.717) is 16.5 Å². The van der Waals surface area contributed by atoms with Gasteiger partial charge in [-0.1, -0.05) is 27.5 Å². The SMILES string of the molecule is COCC(=O)Nc1cc(-c2nc3ccc(Br)cc3[nH]2)ccc1Cl. The van der Waals surface area contributed by atoms with Crippen LogP contribution in [-0.2, 0) is 9.53 Å². The van der Waals surface area contributed by atoms with Crippen LogP contribution in [0.3, 0.4) is 0 Å². The standard InChI is InChI=1S/C16H13BrClN3O2/c1-23-8-15(22)19-13-6-9(2-4-11(13)18)16-20-12-5-3-10(17)7-14(12)21-16/h2-7H,8H2,1H3,(H,19,22)(H,20,21). The monoisotopic (exact) mass is 393 g/mol. The van der Waals surface area contributed by atoms with Crippen LogP contribution in [-0.4, -0.2) is 29.6 Å². The zero-order chi connectivity index (χ0) is 16.4. The number of amides is 1. The van der Waals surface area contributed by atoms with E-state index in [-0.39, 0.29) is 12.5 Å². The van der Waals surface area contributed by atoms with E-state index in [1.807, 2.05) is 24.3 Å². The number of halogens is 2. The molecular formula is C16H13BrClN3O2. The topological polar surface area (TPSA) is 67.0 Å². The van der Waals surface area contributed by atoms with Gasteiger partial charge in [-0.15, -0.1) is 0 Å². The van der Waals surface area contributed by atoms with Crippen LogP contribution < -0.4 is 5.32 Å². The molecule has 0 bridgehead atoms. The van der Waals surface area contributed by atoms with E-state index in [1.165, 1.54) is 7.11 Å². The Kier molecular flexibility index (Phi) is 4.66. The Hall–Kier alpha value is -1.89. The molecule has 2 aromatic carbocycles. The van der Waals surface area contributed by atoms with Crippen LogP contribution >= 0.6 is 27.5 Å². The normalized spacial score (nSPS) is 10.9. The third-order valence-corrected chi connectivity index (χ3v) is 4.06. The van der Waals surface area contributed by atoms with E-state index in [0.717, 1.165) is 21.1 Å². The quantitative estimate of drug-likeness (QED) is 0.696. The maximum absolute atomic E-state index is 11.7. The average molecular weight is 395 g/mol. The van der Waals surface area contributed by atoms with Gasteiger partial charge in [0, 0.05) is 17.1 Å². The number of aromatic amines is 1. The summed E-state index contributed by atoms with van der Waals surface area (Å²) >= 11 is 9.57. The number of H-pyrrole nitrogens is 1. The number of anilines is 1. The molecule has 0 aliphatic carbocycles. The van der Waals surface area contributed by atoms with Crippen molar-refractivity contribution in [3.8, 4) is 11.4 Å². The molecule has 0 aliphatic heterocycles. The molecule has 0 unspecified atom stereocenters. The molecular weight excluding hydrogens is 382 g/mol. The summed E-state index contributed by atoms with van der Waals surface area (Å²) in [6.07, 6.45) is 0. The molecule has 0 saturated heterocycles. The summed E-state index contributed by atoms with van der Waals surface area (Å²) in [6, 6.07) is 11.2. The second kappa shape index (κ2) is 6.70. The summed E-state index contributed by atoms with van der Waals surface area (Å²) in [6.45, 7) is -0.0286. The third-order valence-electron chi connectivity index (χ3n) is 3.23. The van der Waals surface area contributed by atoms with Crippen LogP contribution in [0, 0.1) is 0 Å². The molecule has 0 aliphatic rings. The first-order valence-electron chi connectivity index (χ1n) is 6.81. The number of ether oxygens (including phenoxy) is 1. The van der Waals surface area contributed by atoms with Gasteiger partial charge in [-0.05, 0) is 36.4 Å². The fourth-order valence-electron chi connectivity index (χ4n) is 2.20. The van der Waals surface area contributed by atoms with Crippen molar-refractivity contribution in [3.63, 3.8) is 0 Å². The minimum atomic E-state index is -0.264. The molecule has 0 radical (unpaired) electrons. The Morgan fingerprint density at radius 2 is 2.17 bits per heavy atom. The fourth-order valence-corrected chi connectivity index (χ4v) is 2.73. The second-order valence-corrected chi connectivity index (χ2v) is 6.25. The molecule has 2 N–H and O–H groups in total. The molecule has 5 nitrogen and oxygen atoms in total. The first-order chi connectivity index (χ1) is 11.1. The maximum Gasteiger partial charge on any atom is 0.250 e. The van der Waals surface area contributed by atoms with E-state index >= 15 is 0 Å². The van der Waals surface area contributed by atoms with Gasteiger partial charge in [-0.3, -0.25) is 4.79 Å². The van der Waals surface area contributed by atoms with Crippen LogP contribution in [0.15, 0.2) is 40.9 Å². The highest BCUT2D eigenvalue weighted by Gasteiger charge is 2.10. The number of imidazole rings is 1. The van der Waals surface area contributed by atoms with Crippen molar-refractivity contribution in [2.75, 3.05) is 19.0 Å². The zero-order valence-electron chi connectivity index (χ0n) is 12.2. The lowest BCUT2D eigenvalue weighted by atomic mass is 10.2. The van der Waals surface area contributed by atoms with Gasteiger partial charge in [0.25, 0.3) is 0 Å². The van der Waals surface area contributed by atoms with E-state index in [1.54, 1.807) is 12.1 Å². The second-order valence-electron chi connectivity index (χ2n) is 4.92. The highest BCUT2D eigenvalue weighted by molar-refractivity contribution is 9.10. The lowest BCUT2D eigenvalue weighted by Gasteiger charge is -2.08. The number of benzene rings is 2. The van der Waals surface area contributed by atoms with E-state index in [9.17, 15) is 4.79 Å². The minimum absolute atomic E-state index is 0.0286. The first kappa shape index (κ1) is 16.0. The summed E-state index contributed by atoms with van der Waals surface area (Å²) < 4.78 is 5.78. The number of methoxy groups -OCH3 is 1. The number of rotatable bonds is 4. The van der Waals surface area contributed by atoms with Gasteiger partial charge in [0.1, 0.15) is 12.4 Å². The molecule has 7 heteroatoms. The number of aromatic nitrogens is 2. The van der Waals surface area contributed by atoms with E-state index < -0.39 is 0 Å². The van der Waals surface area contributed by atoms with E-state index in [2.05, 4.69) is 31.2 Å². The lowest BCUT2D eigenvalue weighted by molar-refractivity contribution is -0.119. The molecule has 1 amide bonds. The molecule has 3 aromatic rings. The van der Waals surface area contributed by atoms with Crippen molar-refractivity contribution >= 4 is 50.2 Å². The molecule has 23 heavy (non-hydrogen) atoms. The number of nitrogens with one attached hydrogen (secondary N) is 2. The van der Waals surface area contributed by atoms with Gasteiger partial charge < -0.3 is 15.0 Å². The van der Waals surface area contributed by atoms with Crippen LogP contribution in [0.4, 0.5) is 5.69 Å². The van der Waals surface area contributed by atoms with Crippen molar-refractivity contribution < 1.29 is 9.53 Å². The van der Waals surface area contributed by atoms with Gasteiger partial charge >= 0.3 is 0 Å². The van der Waals surface area contributed by atoms with Crippen molar-refractivity contribution in [2.24, 2.45) is 0 Å². The van der Waals surface area contributed by atoms with Crippen LogP contribution in [0.25, 0.3) is 22.4 Å². The molecule has 0 saturated carbocycles. The number of nitrogens with zero attached hydrogens (tertiary/aromatic N) is 1. The third kappa shape index (κ3) is 3.55.